The summed E-state index contributed by atoms with van der Waals surface area (Å²) < 4.78 is 11.4. The molecule has 3 rings (SSSR count). The molecule has 2 aromatic rings. The lowest BCUT2D eigenvalue weighted by Crippen LogP contribution is -2.35. The summed E-state index contributed by atoms with van der Waals surface area (Å²) in [5.41, 5.74) is 1.76. The van der Waals surface area contributed by atoms with Crippen LogP contribution in [-0.4, -0.2) is 19.7 Å². The molecule has 1 saturated heterocycles. The molecule has 1 unspecified atom stereocenters. The summed E-state index contributed by atoms with van der Waals surface area (Å²) >= 11 is 1.14. The second kappa shape index (κ2) is 5.35. The van der Waals surface area contributed by atoms with Gasteiger partial charge in [0.15, 0.2) is 11.3 Å². The number of benzene rings is 1. The number of ether oxygens (including phenoxy) is 1. The molecule has 19 heavy (non-hydrogen) atoms. The molecule has 0 saturated carbocycles. The van der Waals surface area contributed by atoms with Gasteiger partial charge in [-0.05, 0) is 43.5 Å². The second-order valence-electron chi connectivity index (χ2n) is 4.93. The van der Waals surface area contributed by atoms with E-state index in [0.29, 0.717) is 17.4 Å². The quantitative estimate of drug-likeness (QED) is 0.938. The largest absolute Gasteiger partial charge is 0.493 e. The Labute approximate surface area is 115 Å². The summed E-state index contributed by atoms with van der Waals surface area (Å²) in [6, 6.07) is 4.55. The third-order valence-electron chi connectivity index (χ3n) is 3.57. The van der Waals surface area contributed by atoms with E-state index in [-0.39, 0.29) is 4.94 Å². The minimum atomic E-state index is -0.277. The number of rotatable bonds is 3. The van der Waals surface area contributed by atoms with Gasteiger partial charge in [-0.15, -0.1) is 0 Å². The first kappa shape index (κ1) is 12.7. The van der Waals surface area contributed by atoms with Gasteiger partial charge in [0.2, 0.25) is 0 Å². The van der Waals surface area contributed by atoms with Gasteiger partial charge >= 0.3 is 4.94 Å². The Morgan fingerprint density at radius 2 is 2.37 bits per heavy atom. The van der Waals surface area contributed by atoms with Gasteiger partial charge in [-0.2, -0.15) is 0 Å². The fourth-order valence-corrected chi connectivity index (χ4v) is 3.40. The Morgan fingerprint density at radius 3 is 3.11 bits per heavy atom. The molecule has 102 valence electrons. The van der Waals surface area contributed by atoms with Crippen LogP contribution in [0.4, 0.5) is 0 Å². The minimum absolute atomic E-state index is 0.277. The van der Waals surface area contributed by atoms with Crippen molar-refractivity contribution in [1.82, 2.24) is 5.32 Å². The lowest BCUT2D eigenvalue weighted by molar-refractivity contribution is 0.395. The van der Waals surface area contributed by atoms with Crippen molar-refractivity contribution in [3.8, 4) is 5.75 Å². The first-order valence-electron chi connectivity index (χ1n) is 6.60. The van der Waals surface area contributed by atoms with Crippen molar-refractivity contribution in [1.29, 1.82) is 0 Å². The highest BCUT2D eigenvalue weighted by Crippen LogP contribution is 2.30. The fourth-order valence-electron chi connectivity index (χ4n) is 2.65. The van der Waals surface area contributed by atoms with Crippen LogP contribution in [0.25, 0.3) is 10.3 Å². The van der Waals surface area contributed by atoms with E-state index in [1.165, 1.54) is 24.8 Å². The third kappa shape index (κ3) is 2.67. The molecule has 1 N–H and O–H groups in total. The van der Waals surface area contributed by atoms with Crippen LogP contribution in [0.1, 0.15) is 24.8 Å². The van der Waals surface area contributed by atoms with Crippen molar-refractivity contribution in [2.24, 2.45) is 0 Å². The number of fused-ring (bicyclic) bond motifs is 1. The predicted octanol–water partition coefficient (Wildman–Crippen LogP) is 2.55. The zero-order valence-corrected chi connectivity index (χ0v) is 11.7. The summed E-state index contributed by atoms with van der Waals surface area (Å²) in [4.78, 5) is 11.1. The van der Waals surface area contributed by atoms with E-state index in [0.717, 1.165) is 29.0 Å². The monoisotopic (exact) mass is 279 g/mol. The molecule has 0 spiro atoms. The van der Waals surface area contributed by atoms with Gasteiger partial charge in [-0.1, -0.05) is 17.8 Å². The zero-order valence-electron chi connectivity index (χ0n) is 10.9. The molecule has 1 fully saturated rings. The molecular weight excluding hydrogens is 262 g/mol. The van der Waals surface area contributed by atoms with E-state index >= 15 is 0 Å². The van der Waals surface area contributed by atoms with E-state index in [9.17, 15) is 4.79 Å². The molecular formula is C14H17NO3S. The Balaban J connectivity index is 1.92. The average molecular weight is 279 g/mol. The van der Waals surface area contributed by atoms with Crippen LogP contribution >= 0.6 is 11.3 Å². The average Bonchev–Trinajstić information content (AvgIpc) is 2.79. The first-order chi connectivity index (χ1) is 9.26. The highest BCUT2D eigenvalue weighted by Gasteiger charge is 2.16. The molecule has 1 aromatic heterocycles. The number of methoxy groups -OCH3 is 1. The van der Waals surface area contributed by atoms with Crippen molar-refractivity contribution in [2.75, 3.05) is 13.7 Å². The second-order valence-corrected chi connectivity index (χ2v) is 5.91. The molecule has 1 aromatic carbocycles. The Hall–Kier alpha value is -1.33. The van der Waals surface area contributed by atoms with Gasteiger partial charge in [0.25, 0.3) is 0 Å². The molecule has 5 heteroatoms. The summed E-state index contributed by atoms with van der Waals surface area (Å²) in [5.74, 6) is 0.654. The molecule has 4 nitrogen and oxygen atoms in total. The van der Waals surface area contributed by atoms with E-state index in [1.54, 1.807) is 7.11 Å². The van der Waals surface area contributed by atoms with E-state index in [2.05, 4.69) is 5.32 Å². The maximum atomic E-state index is 11.3. The Morgan fingerprint density at radius 1 is 1.47 bits per heavy atom. The fraction of sp³-hybridized carbons (Fsp3) is 0.500. The molecule has 0 aliphatic carbocycles. The zero-order chi connectivity index (χ0) is 13.2. The number of nitrogens with one attached hydrogen (secondary N) is 1. The smallest absolute Gasteiger partial charge is 0.396 e. The SMILES string of the molecule is COc1cc(CC2CCCCN2)cc2sc(=O)oc12. The van der Waals surface area contributed by atoms with Crippen molar-refractivity contribution in [2.45, 2.75) is 31.7 Å². The normalized spacial score (nSPS) is 19.7. The number of hydrogen-bond donors (Lipinski definition) is 1. The number of hydrogen-bond acceptors (Lipinski definition) is 5. The van der Waals surface area contributed by atoms with Crippen LogP contribution in [0.3, 0.4) is 0 Å². The van der Waals surface area contributed by atoms with Crippen LogP contribution in [-0.2, 0) is 6.42 Å². The van der Waals surface area contributed by atoms with Crippen LogP contribution in [0.5, 0.6) is 5.75 Å². The number of piperidine rings is 1. The van der Waals surface area contributed by atoms with Crippen molar-refractivity contribution in [3.05, 3.63) is 27.4 Å². The molecule has 1 aliphatic rings. The van der Waals surface area contributed by atoms with Crippen LogP contribution in [0.2, 0.25) is 0 Å². The lowest BCUT2D eigenvalue weighted by atomic mass is 9.97. The van der Waals surface area contributed by atoms with Gasteiger partial charge in [0, 0.05) is 6.04 Å². The molecule has 0 bridgehead atoms. The van der Waals surface area contributed by atoms with Gasteiger partial charge in [-0.3, -0.25) is 0 Å². The first-order valence-corrected chi connectivity index (χ1v) is 7.42. The minimum Gasteiger partial charge on any atom is -0.493 e. The Bertz CT molecular complexity index is 625. The topological polar surface area (TPSA) is 51.5 Å². The summed E-state index contributed by atoms with van der Waals surface area (Å²) in [6.45, 7) is 1.10. The van der Waals surface area contributed by atoms with Crippen LogP contribution < -0.4 is 15.0 Å². The van der Waals surface area contributed by atoms with Crippen molar-refractivity contribution in [3.63, 3.8) is 0 Å². The lowest BCUT2D eigenvalue weighted by Gasteiger charge is -2.23. The van der Waals surface area contributed by atoms with Crippen LogP contribution in [0.15, 0.2) is 21.3 Å². The van der Waals surface area contributed by atoms with Gasteiger partial charge in [0.05, 0.1) is 11.8 Å². The van der Waals surface area contributed by atoms with Crippen LogP contribution in [0, 0.1) is 0 Å². The van der Waals surface area contributed by atoms with E-state index in [4.69, 9.17) is 9.15 Å². The van der Waals surface area contributed by atoms with Crippen molar-refractivity contribution < 1.29 is 9.15 Å². The summed E-state index contributed by atoms with van der Waals surface area (Å²) in [7, 11) is 1.61. The van der Waals surface area contributed by atoms with E-state index < -0.39 is 0 Å². The molecule has 0 amide bonds. The standard InChI is InChI=1S/C14H17NO3S/c1-17-11-7-9(6-10-4-2-3-5-15-10)8-12-13(11)18-14(16)19-12/h7-8,10,15H,2-6H2,1H3. The van der Waals surface area contributed by atoms with Gasteiger partial charge in [0.1, 0.15) is 0 Å². The Kier molecular flexibility index (Phi) is 3.57. The summed E-state index contributed by atoms with van der Waals surface area (Å²) in [5, 5.41) is 3.54. The molecule has 1 aliphatic heterocycles. The van der Waals surface area contributed by atoms with Crippen molar-refractivity contribution >= 4 is 21.6 Å². The van der Waals surface area contributed by atoms with Gasteiger partial charge < -0.3 is 14.5 Å². The summed E-state index contributed by atoms with van der Waals surface area (Å²) in [6.07, 6.45) is 4.73. The molecule has 2 heterocycles. The van der Waals surface area contributed by atoms with Gasteiger partial charge in [-0.25, -0.2) is 4.79 Å². The predicted molar refractivity (Wildman–Crippen MR) is 76.3 cm³/mol. The molecule has 0 radical (unpaired) electrons. The third-order valence-corrected chi connectivity index (χ3v) is 4.35. The molecule has 1 atom stereocenters. The maximum Gasteiger partial charge on any atom is 0.396 e. The van der Waals surface area contributed by atoms with E-state index in [1.807, 2.05) is 12.1 Å². The maximum absolute atomic E-state index is 11.3. The highest BCUT2D eigenvalue weighted by atomic mass is 32.1. The highest BCUT2D eigenvalue weighted by molar-refractivity contribution is 7.16.